The van der Waals surface area contributed by atoms with Crippen molar-refractivity contribution in [3.8, 4) is 0 Å². The number of piperidine rings is 1. The number of hydrogen-bond acceptors (Lipinski definition) is 4. The molecule has 2 aromatic rings. The molecule has 0 aliphatic carbocycles. The van der Waals surface area contributed by atoms with Gasteiger partial charge in [0.2, 0.25) is 15.9 Å². The summed E-state index contributed by atoms with van der Waals surface area (Å²) in [5.74, 6) is -0.369. The second-order valence-electron chi connectivity index (χ2n) is 8.13. The number of sulfonamides is 1. The summed E-state index contributed by atoms with van der Waals surface area (Å²) in [5, 5.41) is 3.26. The molecule has 8 heteroatoms. The Balaban J connectivity index is 1.63. The maximum Gasteiger partial charge on any atom is 0.241 e. The minimum Gasteiger partial charge on any atom is -0.350 e. The fourth-order valence-electron chi connectivity index (χ4n) is 3.83. The molecule has 6 nitrogen and oxygen atoms in total. The molecule has 0 atom stereocenters. The minimum atomic E-state index is -3.65. The first-order valence-electron chi connectivity index (χ1n) is 10.5. The normalized spacial score (nSPS) is 14.9. The fraction of sp³-hybridized carbons (Fsp3) is 0.435. The Kier molecular flexibility index (Phi) is 7.97. The molecule has 31 heavy (non-hydrogen) atoms. The van der Waals surface area contributed by atoms with Crippen LogP contribution in [-0.2, 0) is 27.9 Å². The number of anilines is 1. The summed E-state index contributed by atoms with van der Waals surface area (Å²) in [6.45, 7) is 5.01. The number of nitrogens with one attached hydrogen (secondary N) is 1. The van der Waals surface area contributed by atoms with Gasteiger partial charge in [-0.3, -0.25) is 14.0 Å². The summed E-state index contributed by atoms with van der Waals surface area (Å²) >= 11 is 6.05. The summed E-state index contributed by atoms with van der Waals surface area (Å²) < 4.78 is 25.8. The first-order valence-corrected chi connectivity index (χ1v) is 12.8. The summed E-state index contributed by atoms with van der Waals surface area (Å²) in [4.78, 5) is 15.0. The van der Waals surface area contributed by atoms with E-state index >= 15 is 0 Å². The second kappa shape index (κ2) is 10.5. The van der Waals surface area contributed by atoms with E-state index in [1.807, 2.05) is 12.1 Å². The Morgan fingerprint density at radius 2 is 1.81 bits per heavy atom. The lowest BCUT2D eigenvalue weighted by Crippen LogP contribution is -2.40. The maximum atomic E-state index is 12.6. The van der Waals surface area contributed by atoms with E-state index in [1.54, 1.807) is 25.1 Å². The Labute approximate surface area is 190 Å². The number of amides is 1. The molecule has 1 amide bonds. The van der Waals surface area contributed by atoms with Crippen LogP contribution >= 0.6 is 11.6 Å². The minimum absolute atomic E-state index is 0.298. The average Bonchev–Trinajstić information content (AvgIpc) is 2.73. The highest BCUT2D eigenvalue weighted by molar-refractivity contribution is 7.92. The first kappa shape index (κ1) is 23.6. The lowest BCUT2D eigenvalue weighted by molar-refractivity contribution is -0.119. The number of nitrogens with zero attached hydrogens (tertiary/aromatic N) is 2. The smallest absolute Gasteiger partial charge is 0.241 e. The van der Waals surface area contributed by atoms with Crippen molar-refractivity contribution in [2.24, 2.45) is 0 Å². The molecule has 1 aliphatic heterocycles. The van der Waals surface area contributed by atoms with Crippen molar-refractivity contribution < 1.29 is 13.2 Å². The van der Waals surface area contributed by atoms with Crippen molar-refractivity contribution in [3.05, 3.63) is 64.2 Å². The highest BCUT2D eigenvalue weighted by Gasteiger charge is 2.22. The van der Waals surface area contributed by atoms with Crippen molar-refractivity contribution in [1.82, 2.24) is 10.2 Å². The Bertz CT molecular complexity index is 1020. The number of hydrogen-bond donors (Lipinski definition) is 1. The molecular weight excluding hydrogens is 434 g/mol. The van der Waals surface area contributed by atoms with Gasteiger partial charge in [0.25, 0.3) is 0 Å². The molecule has 168 valence electrons. The molecule has 0 saturated carbocycles. The van der Waals surface area contributed by atoms with Crippen LogP contribution in [0.15, 0.2) is 42.5 Å². The summed E-state index contributed by atoms with van der Waals surface area (Å²) in [6, 6.07) is 13.2. The van der Waals surface area contributed by atoms with E-state index in [2.05, 4.69) is 22.3 Å². The molecule has 0 unspecified atom stereocenters. The van der Waals surface area contributed by atoms with E-state index in [1.165, 1.54) is 24.8 Å². The number of aryl methyl sites for hydroxylation is 1. The number of rotatable bonds is 8. The van der Waals surface area contributed by atoms with Gasteiger partial charge in [-0.1, -0.05) is 48.4 Å². The van der Waals surface area contributed by atoms with Crippen molar-refractivity contribution in [2.45, 2.75) is 39.3 Å². The molecule has 1 heterocycles. The largest absolute Gasteiger partial charge is 0.350 e. The Morgan fingerprint density at radius 3 is 2.52 bits per heavy atom. The van der Waals surface area contributed by atoms with Gasteiger partial charge in [0.1, 0.15) is 6.54 Å². The van der Waals surface area contributed by atoms with E-state index in [0.29, 0.717) is 17.3 Å². The molecule has 3 rings (SSSR count). The van der Waals surface area contributed by atoms with Crippen molar-refractivity contribution in [2.75, 3.05) is 30.2 Å². The van der Waals surface area contributed by atoms with Crippen molar-refractivity contribution in [1.29, 1.82) is 0 Å². The van der Waals surface area contributed by atoms with E-state index in [0.717, 1.165) is 41.3 Å². The van der Waals surface area contributed by atoms with Crippen LogP contribution in [0.5, 0.6) is 0 Å². The van der Waals surface area contributed by atoms with Crippen molar-refractivity contribution in [3.63, 3.8) is 0 Å². The van der Waals surface area contributed by atoms with Gasteiger partial charge >= 0.3 is 0 Å². The number of benzene rings is 2. The van der Waals surface area contributed by atoms with Crippen LogP contribution in [-0.4, -0.2) is 45.1 Å². The topological polar surface area (TPSA) is 69.7 Å². The molecule has 1 aliphatic rings. The van der Waals surface area contributed by atoms with E-state index in [4.69, 9.17) is 11.6 Å². The van der Waals surface area contributed by atoms with Crippen LogP contribution in [0.25, 0.3) is 0 Å². The third kappa shape index (κ3) is 6.95. The highest BCUT2D eigenvalue weighted by atomic mass is 35.5. The van der Waals surface area contributed by atoms with Gasteiger partial charge in [-0.05, 0) is 61.7 Å². The molecule has 1 saturated heterocycles. The number of halogens is 1. The zero-order chi connectivity index (χ0) is 22.4. The number of carbonyl (C=O) groups excluding carboxylic acids is 1. The predicted molar refractivity (Wildman–Crippen MR) is 126 cm³/mol. The number of carbonyl (C=O) groups is 1. The van der Waals surface area contributed by atoms with E-state index in [9.17, 15) is 13.2 Å². The molecule has 0 bridgehead atoms. The molecule has 0 spiro atoms. The lowest BCUT2D eigenvalue weighted by Gasteiger charge is -2.26. The number of likely N-dealkylation sites (tertiary alicyclic amines) is 1. The molecule has 1 N–H and O–H groups in total. The predicted octanol–water partition coefficient (Wildman–Crippen LogP) is 3.72. The summed E-state index contributed by atoms with van der Waals surface area (Å²) in [5.41, 5.74) is 3.36. The fourth-order valence-corrected chi connectivity index (χ4v) is 4.91. The maximum absolute atomic E-state index is 12.6. The zero-order valence-electron chi connectivity index (χ0n) is 18.1. The van der Waals surface area contributed by atoms with Gasteiger partial charge < -0.3 is 5.32 Å². The lowest BCUT2D eigenvalue weighted by atomic mass is 10.1. The van der Waals surface area contributed by atoms with Gasteiger partial charge in [0.15, 0.2) is 0 Å². The molecule has 1 fully saturated rings. The van der Waals surface area contributed by atoms with Gasteiger partial charge in [0, 0.05) is 18.1 Å². The molecule has 0 aromatic heterocycles. The molecular formula is C23H30ClN3O3S. The van der Waals surface area contributed by atoms with Crippen LogP contribution in [0, 0.1) is 6.92 Å². The molecule has 0 radical (unpaired) electrons. The van der Waals surface area contributed by atoms with Gasteiger partial charge in [-0.25, -0.2) is 8.42 Å². The van der Waals surface area contributed by atoms with Crippen LogP contribution in [0.3, 0.4) is 0 Å². The van der Waals surface area contributed by atoms with Gasteiger partial charge in [-0.2, -0.15) is 0 Å². The Morgan fingerprint density at radius 1 is 1.10 bits per heavy atom. The quantitative estimate of drug-likeness (QED) is 0.647. The standard InChI is InChI=1S/C23H30ClN3O3S/c1-18-9-10-21(24)14-22(18)27(31(2,29)30)17-23(28)25-15-19-7-6-8-20(13-19)16-26-11-4-3-5-12-26/h6-10,13-14H,3-5,11-12,15-17H2,1-2H3,(H,25,28). The van der Waals surface area contributed by atoms with Crippen LogP contribution in [0.2, 0.25) is 5.02 Å². The Hall–Kier alpha value is -2.09. The van der Waals surface area contributed by atoms with Gasteiger partial charge in [0.05, 0.1) is 11.9 Å². The SMILES string of the molecule is Cc1ccc(Cl)cc1N(CC(=O)NCc1cccc(CN2CCCCC2)c1)S(C)(=O)=O. The zero-order valence-corrected chi connectivity index (χ0v) is 19.7. The van der Waals surface area contributed by atoms with Crippen LogP contribution in [0.1, 0.15) is 36.0 Å². The first-order chi connectivity index (χ1) is 14.7. The third-order valence-electron chi connectivity index (χ3n) is 5.46. The average molecular weight is 464 g/mol. The van der Waals surface area contributed by atoms with Gasteiger partial charge in [-0.15, -0.1) is 0 Å². The van der Waals surface area contributed by atoms with E-state index < -0.39 is 10.0 Å². The molecule has 2 aromatic carbocycles. The summed E-state index contributed by atoms with van der Waals surface area (Å²) in [7, 11) is -3.65. The van der Waals surface area contributed by atoms with Crippen LogP contribution < -0.4 is 9.62 Å². The van der Waals surface area contributed by atoms with Crippen LogP contribution in [0.4, 0.5) is 5.69 Å². The van der Waals surface area contributed by atoms with Crippen molar-refractivity contribution >= 4 is 33.2 Å². The second-order valence-corrected chi connectivity index (χ2v) is 10.5. The summed E-state index contributed by atoms with van der Waals surface area (Å²) in [6.07, 6.45) is 4.89. The monoisotopic (exact) mass is 463 g/mol. The highest BCUT2D eigenvalue weighted by Crippen LogP contribution is 2.26. The van der Waals surface area contributed by atoms with E-state index in [-0.39, 0.29) is 12.5 Å². The third-order valence-corrected chi connectivity index (χ3v) is 6.82.